The quantitative estimate of drug-likeness (QED) is 0.214. The van der Waals surface area contributed by atoms with Gasteiger partial charge in [-0.1, -0.05) is 30.7 Å². The second kappa shape index (κ2) is 11.8. The van der Waals surface area contributed by atoms with Gasteiger partial charge in [0.2, 0.25) is 0 Å². The van der Waals surface area contributed by atoms with Crippen LogP contribution in [0.15, 0.2) is 77.2 Å². The summed E-state index contributed by atoms with van der Waals surface area (Å²) in [5, 5.41) is 6.63. The second-order valence-corrected chi connectivity index (χ2v) is 9.45. The Kier molecular flexibility index (Phi) is 7.89. The molecule has 1 saturated heterocycles. The van der Waals surface area contributed by atoms with Crippen molar-refractivity contribution in [3.05, 3.63) is 89.7 Å². The summed E-state index contributed by atoms with van der Waals surface area (Å²) in [5.41, 5.74) is 9.34. The molecular weight excluding hydrogens is 480 g/mol. The molecule has 0 spiro atoms. The number of nitrogens with two attached hydrogens (primary N) is 1. The molecule has 0 radical (unpaired) electrons. The fraction of sp³-hybridized carbons (Fsp3) is 0.267. The fourth-order valence-electron chi connectivity index (χ4n) is 4.66. The summed E-state index contributed by atoms with van der Waals surface area (Å²) in [5.74, 6) is 0.356. The van der Waals surface area contributed by atoms with Gasteiger partial charge in [-0.15, -0.1) is 0 Å². The van der Waals surface area contributed by atoms with Crippen LogP contribution < -0.4 is 21.1 Å². The molecule has 0 atom stereocenters. The molecule has 3 aromatic carbocycles. The van der Waals surface area contributed by atoms with Crippen LogP contribution in [0.25, 0.3) is 11.0 Å². The highest BCUT2D eigenvalue weighted by molar-refractivity contribution is 6.05. The van der Waals surface area contributed by atoms with E-state index in [0.717, 1.165) is 30.6 Å². The van der Waals surface area contributed by atoms with Gasteiger partial charge in [0.15, 0.2) is 5.76 Å². The van der Waals surface area contributed by atoms with Crippen LogP contribution in [0.3, 0.4) is 0 Å². The Morgan fingerprint density at radius 3 is 2.50 bits per heavy atom. The molecule has 0 unspecified atom stereocenters. The third-order valence-corrected chi connectivity index (χ3v) is 6.70. The number of hydrogen-bond acceptors (Lipinski definition) is 6. The van der Waals surface area contributed by atoms with Crippen molar-refractivity contribution in [3.63, 3.8) is 0 Å². The number of nitrogens with one attached hydrogen (secondary N) is 2. The zero-order valence-electron chi connectivity index (χ0n) is 21.2. The maximum Gasteiger partial charge on any atom is 0.287 e. The van der Waals surface area contributed by atoms with E-state index < -0.39 is 0 Å². The average Bonchev–Trinajstić information content (AvgIpc) is 3.39. The van der Waals surface area contributed by atoms with Gasteiger partial charge in [0, 0.05) is 17.5 Å². The van der Waals surface area contributed by atoms with Gasteiger partial charge >= 0.3 is 0 Å². The Labute approximate surface area is 221 Å². The van der Waals surface area contributed by atoms with E-state index in [1.165, 1.54) is 24.8 Å². The first kappa shape index (κ1) is 25.4. The maximum absolute atomic E-state index is 12.7. The summed E-state index contributed by atoms with van der Waals surface area (Å²) in [6, 6.07) is 21.7. The van der Waals surface area contributed by atoms with Gasteiger partial charge in [0.05, 0.1) is 17.9 Å². The number of fused-ring (bicyclic) bond motifs is 1. The van der Waals surface area contributed by atoms with Crippen molar-refractivity contribution < 1.29 is 18.7 Å². The minimum Gasteiger partial charge on any atom is -0.492 e. The van der Waals surface area contributed by atoms with Crippen molar-refractivity contribution in [3.8, 4) is 5.75 Å². The number of furan rings is 1. The highest BCUT2D eigenvalue weighted by Crippen LogP contribution is 2.25. The van der Waals surface area contributed by atoms with E-state index in [4.69, 9.17) is 14.9 Å². The number of hydrogen-bond donors (Lipinski definition) is 3. The number of carbonyl (C=O) groups excluding carboxylic acids is 2. The number of benzene rings is 3. The molecule has 1 fully saturated rings. The Morgan fingerprint density at radius 1 is 0.921 bits per heavy atom. The zero-order chi connectivity index (χ0) is 26.3. The maximum atomic E-state index is 12.7. The molecule has 2 amide bonds. The number of para-hydroxylation sites is 2. The van der Waals surface area contributed by atoms with E-state index >= 15 is 0 Å². The van der Waals surface area contributed by atoms with E-state index in [9.17, 15) is 9.59 Å². The molecule has 0 aliphatic carbocycles. The van der Waals surface area contributed by atoms with Gasteiger partial charge in [-0.25, -0.2) is 0 Å². The molecular formula is C30H32N4O4. The predicted molar refractivity (Wildman–Crippen MR) is 148 cm³/mol. The number of rotatable bonds is 9. The molecule has 4 N–H and O–H groups in total. The Balaban J connectivity index is 1.11. The highest BCUT2D eigenvalue weighted by atomic mass is 16.5. The number of carbonyl (C=O) groups is 2. The van der Waals surface area contributed by atoms with Gasteiger partial charge < -0.3 is 25.5 Å². The summed E-state index contributed by atoms with van der Waals surface area (Å²) < 4.78 is 11.6. The van der Waals surface area contributed by atoms with Gasteiger partial charge in [-0.3, -0.25) is 14.5 Å². The van der Waals surface area contributed by atoms with E-state index in [1.54, 1.807) is 36.4 Å². The molecule has 5 rings (SSSR count). The highest BCUT2D eigenvalue weighted by Gasteiger charge is 2.17. The topological polar surface area (TPSA) is 110 Å². The SMILES string of the molecule is Nc1ccccc1NC(=O)c1ccc(OCCNC(=O)c2cc3c(CN4CCCCC4)cccc3o2)cc1. The number of anilines is 2. The predicted octanol–water partition coefficient (Wildman–Crippen LogP) is 5.06. The van der Waals surface area contributed by atoms with Crippen LogP contribution >= 0.6 is 0 Å². The molecule has 0 saturated carbocycles. The summed E-state index contributed by atoms with van der Waals surface area (Å²) in [6.07, 6.45) is 3.77. The minimum absolute atomic E-state index is 0.258. The van der Waals surface area contributed by atoms with Crippen molar-refractivity contribution in [2.24, 2.45) is 0 Å². The molecule has 1 aliphatic rings. The van der Waals surface area contributed by atoms with Crippen LogP contribution in [0.4, 0.5) is 11.4 Å². The Hall–Kier alpha value is -4.30. The first-order chi connectivity index (χ1) is 18.6. The molecule has 2 heterocycles. The molecule has 0 bridgehead atoms. The lowest BCUT2D eigenvalue weighted by Gasteiger charge is -2.26. The fourth-order valence-corrected chi connectivity index (χ4v) is 4.66. The van der Waals surface area contributed by atoms with E-state index in [2.05, 4.69) is 21.6 Å². The normalized spacial score (nSPS) is 13.8. The lowest BCUT2D eigenvalue weighted by molar-refractivity contribution is 0.0921. The van der Waals surface area contributed by atoms with Crippen molar-refractivity contribution >= 4 is 34.2 Å². The van der Waals surface area contributed by atoms with Crippen LogP contribution in [0, 0.1) is 0 Å². The van der Waals surface area contributed by atoms with Gasteiger partial charge in [-0.05, 0) is 80.0 Å². The molecule has 4 aromatic rings. The molecule has 8 nitrogen and oxygen atoms in total. The largest absolute Gasteiger partial charge is 0.492 e. The lowest BCUT2D eigenvalue weighted by Crippen LogP contribution is -2.29. The minimum atomic E-state index is -0.277. The Bertz CT molecular complexity index is 1410. The van der Waals surface area contributed by atoms with E-state index in [0.29, 0.717) is 35.0 Å². The molecule has 196 valence electrons. The first-order valence-corrected chi connectivity index (χ1v) is 13.0. The Morgan fingerprint density at radius 2 is 1.71 bits per heavy atom. The average molecular weight is 513 g/mol. The molecule has 1 aromatic heterocycles. The number of ether oxygens (including phenoxy) is 1. The monoisotopic (exact) mass is 512 g/mol. The number of amides is 2. The van der Waals surface area contributed by atoms with Crippen LogP contribution in [-0.4, -0.2) is 43.0 Å². The van der Waals surface area contributed by atoms with Crippen molar-refractivity contribution in [2.45, 2.75) is 25.8 Å². The smallest absolute Gasteiger partial charge is 0.287 e. The van der Waals surface area contributed by atoms with Crippen molar-refractivity contribution in [1.29, 1.82) is 0 Å². The van der Waals surface area contributed by atoms with Crippen LogP contribution in [0.2, 0.25) is 0 Å². The standard InChI is InChI=1S/C30H32N4O4/c31-25-8-2-3-9-26(25)33-29(35)21-11-13-23(14-12-21)37-18-15-32-30(36)28-19-24-22(7-6-10-27(24)38-28)20-34-16-4-1-5-17-34/h2-3,6-14,19H,1,4-5,15-18,20,31H2,(H,32,36)(H,33,35). The lowest BCUT2D eigenvalue weighted by atomic mass is 10.1. The van der Waals surface area contributed by atoms with Gasteiger partial charge in [-0.2, -0.15) is 0 Å². The third kappa shape index (κ3) is 6.15. The number of piperidine rings is 1. The van der Waals surface area contributed by atoms with Crippen LogP contribution in [0.1, 0.15) is 45.7 Å². The van der Waals surface area contributed by atoms with E-state index in [-0.39, 0.29) is 18.4 Å². The van der Waals surface area contributed by atoms with Crippen LogP contribution in [-0.2, 0) is 6.54 Å². The molecule has 8 heteroatoms. The second-order valence-electron chi connectivity index (χ2n) is 9.45. The van der Waals surface area contributed by atoms with Gasteiger partial charge in [0.25, 0.3) is 11.8 Å². The molecule has 38 heavy (non-hydrogen) atoms. The van der Waals surface area contributed by atoms with Crippen LogP contribution in [0.5, 0.6) is 5.75 Å². The van der Waals surface area contributed by atoms with E-state index in [1.807, 2.05) is 30.3 Å². The summed E-state index contributed by atoms with van der Waals surface area (Å²) in [6.45, 7) is 3.68. The van der Waals surface area contributed by atoms with Crippen molar-refractivity contribution in [1.82, 2.24) is 10.2 Å². The summed E-state index contributed by atoms with van der Waals surface area (Å²) >= 11 is 0. The number of likely N-dealkylation sites (tertiary alicyclic amines) is 1. The summed E-state index contributed by atoms with van der Waals surface area (Å²) in [4.78, 5) is 27.6. The van der Waals surface area contributed by atoms with Crippen molar-refractivity contribution in [2.75, 3.05) is 37.3 Å². The third-order valence-electron chi connectivity index (χ3n) is 6.70. The number of nitrogen functional groups attached to an aromatic ring is 1. The van der Waals surface area contributed by atoms with Gasteiger partial charge in [0.1, 0.15) is 17.9 Å². The number of nitrogens with zero attached hydrogens (tertiary/aromatic N) is 1. The summed E-state index contributed by atoms with van der Waals surface area (Å²) in [7, 11) is 0. The molecule has 1 aliphatic heterocycles. The first-order valence-electron chi connectivity index (χ1n) is 13.0. The zero-order valence-corrected chi connectivity index (χ0v) is 21.2.